The summed E-state index contributed by atoms with van der Waals surface area (Å²) in [4.78, 5) is 16.1. The lowest BCUT2D eigenvalue weighted by Crippen LogP contribution is -2.07. The molecule has 29 heavy (non-hydrogen) atoms. The summed E-state index contributed by atoms with van der Waals surface area (Å²) in [5.74, 6) is -0.933. The number of carbonyl (C=O) groups is 1. The minimum atomic E-state index is -0.644. The first kappa shape index (κ1) is 18.6. The second-order valence-electron chi connectivity index (χ2n) is 6.30. The van der Waals surface area contributed by atoms with Gasteiger partial charge in [-0.25, -0.2) is 18.6 Å². The zero-order valence-corrected chi connectivity index (χ0v) is 15.1. The molecule has 1 heterocycles. The van der Waals surface area contributed by atoms with Gasteiger partial charge in [0, 0.05) is 0 Å². The van der Waals surface area contributed by atoms with Gasteiger partial charge in [0.05, 0.1) is 5.56 Å². The van der Waals surface area contributed by atoms with Crippen molar-refractivity contribution in [3.8, 4) is 5.75 Å². The van der Waals surface area contributed by atoms with E-state index >= 15 is 0 Å². The average Bonchev–Trinajstić information content (AvgIpc) is 3.08. The Morgan fingerprint density at radius 1 is 0.966 bits per heavy atom. The van der Waals surface area contributed by atoms with Crippen LogP contribution in [0.1, 0.15) is 16.7 Å². The molecule has 0 saturated heterocycles. The maximum atomic E-state index is 13.9. The highest BCUT2D eigenvalue weighted by atomic mass is 19.1. The molecular formula is C23H15F2NO3. The summed E-state index contributed by atoms with van der Waals surface area (Å²) < 4.78 is 37.8. The molecule has 0 unspecified atom stereocenters. The molecule has 0 saturated carbocycles. The normalized spacial score (nSPS) is 14.6. The summed E-state index contributed by atoms with van der Waals surface area (Å²) in [7, 11) is 0. The number of hydrogen-bond acceptors (Lipinski definition) is 4. The minimum Gasteiger partial charge on any atom is -0.489 e. The predicted molar refractivity (Wildman–Crippen MR) is 104 cm³/mol. The van der Waals surface area contributed by atoms with Crippen LogP contribution in [0.2, 0.25) is 0 Å². The fourth-order valence-corrected chi connectivity index (χ4v) is 2.77. The van der Waals surface area contributed by atoms with Crippen molar-refractivity contribution in [1.29, 1.82) is 0 Å². The van der Waals surface area contributed by atoms with E-state index in [1.807, 2.05) is 0 Å². The molecule has 0 radical (unpaired) electrons. The second-order valence-corrected chi connectivity index (χ2v) is 6.30. The molecule has 0 aliphatic carbocycles. The van der Waals surface area contributed by atoms with Crippen molar-refractivity contribution in [1.82, 2.24) is 0 Å². The lowest BCUT2D eigenvalue weighted by Gasteiger charge is -2.06. The highest BCUT2D eigenvalue weighted by Crippen LogP contribution is 2.22. The van der Waals surface area contributed by atoms with E-state index in [-0.39, 0.29) is 29.6 Å². The quantitative estimate of drug-likeness (QED) is 0.460. The van der Waals surface area contributed by atoms with Crippen molar-refractivity contribution in [2.24, 2.45) is 4.99 Å². The van der Waals surface area contributed by atoms with Crippen LogP contribution < -0.4 is 4.74 Å². The van der Waals surface area contributed by atoms with Crippen molar-refractivity contribution in [3.05, 3.63) is 107 Å². The van der Waals surface area contributed by atoms with E-state index in [9.17, 15) is 13.6 Å². The van der Waals surface area contributed by atoms with Gasteiger partial charge in [-0.2, -0.15) is 0 Å². The van der Waals surface area contributed by atoms with Crippen LogP contribution in [0.5, 0.6) is 5.75 Å². The number of ether oxygens (including phenoxy) is 2. The molecule has 3 aromatic rings. The molecule has 0 atom stereocenters. The number of halogens is 2. The Labute approximate surface area is 165 Å². The third-order valence-electron chi connectivity index (χ3n) is 4.20. The van der Waals surface area contributed by atoms with Crippen LogP contribution in [0.3, 0.4) is 0 Å². The lowest BCUT2D eigenvalue weighted by atomic mass is 10.2. The Bertz CT molecular complexity index is 1120. The summed E-state index contributed by atoms with van der Waals surface area (Å²) in [6.45, 7) is 0.237. The third kappa shape index (κ3) is 4.38. The Kier molecular flexibility index (Phi) is 5.16. The van der Waals surface area contributed by atoms with Crippen LogP contribution in [0.4, 0.5) is 8.78 Å². The van der Waals surface area contributed by atoms with Gasteiger partial charge in [-0.05, 0) is 53.6 Å². The third-order valence-corrected chi connectivity index (χ3v) is 4.20. The van der Waals surface area contributed by atoms with E-state index in [4.69, 9.17) is 9.47 Å². The fraction of sp³-hybridized carbons (Fsp3) is 0.0435. The summed E-state index contributed by atoms with van der Waals surface area (Å²) in [6.07, 6.45) is 1.55. The first-order chi connectivity index (χ1) is 14.1. The van der Waals surface area contributed by atoms with Gasteiger partial charge in [-0.15, -0.1) is 0 Å². The van der Waals surface area contributed by atoms with Gasteiger partial charge < -0.3 is 9.47 Å². The maximum absolute atomic E-state index is 13.9. The number of esters is 1. The van der Waals surface area contributed by atoms with Crippen molar-refractivity contribution in [2.75, 3.05) is 0 Å². The molecule has 0 spiro atoms. The second kappa shape index (κ2) is 8.06. The van der Waals surface area contributed by atoms with Gasteiger partial charge in [0.1, 0.15) is 24.0 Å². The van der Waals surface area contributed by atoms with Crippen LogP contribution >= 0.6 is 0 Å². The molecule has 6 heteroatoms. The molecule has 144 valence electrons. The number of cyclic esters (lactones) is 1. The highest BCUT2D eigenvalue weighted by Gasteiger charge is 2.25. The highest BCUT2D eigenvalue weighted by molar-refractivity contribution is 6.12. The first-order valence-corrected chi connectivity index (χ1v) is 8.83. The summed E-state index contributed by atoms with van der Waals surface area (Å²) in [5.41, 5.74) is 1.63. The van der Waals surface area contributed by atoms with Crippen molar-refractivity contribution >= 4 is 17.9 Å². The van der Waals surface area contributed by atoms with Crippen molar-refractivity contribution < 1.29 is 23.0 Å². The SMILES string of the molecule is O=C1OC(c2ccccc2F)=NC1=Cc1ccc(OCc2cccc(F)c2)cc1. The fourth-order valence-electron chi connectivity index (χ4n) is 2.77. The number of hydrogen-bond donors (Lipinski definition) is 0. The monoisotopic (exact) mass is 391 g/mol. The average molecular weight is 391 g/mol. The van der Waals surface area contributed by atoms with Crippen LogP contribution in [0.15, 0.2) is 83.5 Å². The van der Waals surface area contributed by atoms with Crippen LogP contribution in [0, 0.1) is 11.6 Å². The topological polar surface area (TPSA) is 47.9 Å². The van der Waals surface area contributed by atoms with Gasteiger partial charge in [0.2, 0.25) is 5.90 Å². The van der Waals surface area contributed by atoms with Gasteiger partial charge in [-0.3, -0.25) is 0 Å². The van der Waals surface area contributed by atoms with E-state index in [0.29, 0.717) is 11.3 Å². The molecular weight excluding hydrogens is 376 g/mol. The Morgan fingerprint density at radius 2 is 1.76 bits per heavy atom. The zero-order valence-electron chi connectivity index (χ0n) is 15.1. The van der Waals surface area contributed by atoms with Crippen LogP contribution in [-0.4, -0.2) is 11.9 Å². The molecule has 4 nitrogen and oxygen atoms in total. The van der Waals surface area contributed by atoms with Gasteiger partial charge in [0.25, 0.3) is 0 Å². The number of nitrogens with zero attached hydrogens (tertiary/aromatic N) is 1. The van der Waals surface area contributed by atoms with Crippen molar-refractivity contribution in [2.45, 2.75) is 6.61 Å². The molecule has 3 aromatic carbocycles. The molecule has 1 aliphatic rings. The molecule has 4 rings (SSSR count). The van der Waals surface area contributed by atoms with Gasteiger partial charge in [0.15, 0.2) is 5.70 Å². The summed E-state index contributed by atoms with van der Waals surface area (Å²) >= 11 is 0. The maximum Gasteiger partial charge on any atom is 0.363 e. The first-order valence-electron chi connectivity index (χ1n) is 8.83. The summed E-state index contributed by atoms with van der Waals surface area (Å²) in [6, 6.07) is 19.1. The molecule has 0 N–H and O–H groups in total. The number of carbonyl (C=O) groups excluding carboxylic acids is 1. The smallest absolute Gasteiger partial charge is 0.363 e. The number of rotatable bonds is 5. The molecule has 0 aromatic heterocycles. The Hall–Kier alpha value is -3.80. The molecule has 0 fully saturated rings. The zero-order chi connectivity index (χ0) is 20.2. The standard InChI is InChI=1S/C23H15F2NO3/c24-17-5-3-4-16(12-17)14-28-18-10-8-15(9-11-18)13-21-23(27)29-22(26-21)19-6-1-2-7-20(19)25/h1-13H,14H2. The lowest BCUT2D eigenvalue weighted by molar-refractivity contribution is -0.129. The minimum absolute atomic E-state index is 0.0607. The van der Waals surface area contributed by atoms with E-state index in [2.05, 4.69) is 4.99 Å². The molecule has 1 aliphatic heterocycles. The van der Waals surface area contributed by atoms with Crippen LogP contribution in [0.25, 0.3) is 6.08 Å². The van der Waals surface area contributed by atoms with E-state index in [1.54, 1.807) is 54.6 Å². The van der Waals surface area contributed by atoms with E-state index in [1.165, 1.54) is 24.3 Å². The van der Waals surface area contributed by atoms with Gasteiger partial charge in [-0.1, -0.05) is 36.4 Å². The van der Waals surface area contributed by atoms with Crippen LogP contribution in [-0.2, 0) is 16.1 Å². The van der Waals surface area contributed by atoms with Gasteiger partial charge >= 0.3 is 5.97 Å². The Morgan fingerprint density at radius 3 is 2.52 bits per heavy atom. The largest absolute Gasteiger partial charge is 0.489 e. The van der Waals surface area contributed by atoms with Crippen molar-refractivity contribution in [3.63, 3.8) is 0 Å². The number of benzene rings is 3. The predicted octanol–water partition coefficient (Wildman–Crippen LogP) is 4.89. The number of aliphatic imine (C=N–C) groups is 1. The molecule has 0 amide bonds. The summed E-state index contributed by atoms with van der Waals surface area (Å²) in [5, 5.41) is 0. The Balaban J connectivity index is 1.47. The molecule has 0 bridgehead atoms. The van der Waals surface area contributed by atoms with E-state index in [0.717, 1.165) is 5.56 Å². The van der Waals surface area contributed by atoms with E-state index < -0.39 is 11.8 Å².